The molecule has 1 aromatic heterocycles. The average molecular weight is 438 g/mol. The third-order valence-electron chi connectivity index (χ3n) is 4.71. The maximum atomic E-state index is 12.6. The van der Waals surface area contributed by atoms with Crippen molar-refractivity contribution in [1.29, 1.82) is 0 Å². The van der Waals surface area contributed by atoms with Crippen LogP contribution in [0.1, 0.15) is 23.2 Å². The van der Waals surface area contributed by atoms with Gasteiger partial charge in [0.1, 0.15) is 5.69 Å². The van der Waals surface area contributed by atoms with Crippen molar-refractivity contribution >= 4 is 23.4 Å². The molecule has 0 atom stereocenters. The van der Waals surface area contributed by atoms with Crippen LogP contribution in [0.5, 0.6) is 5.88 Å². The zero-order valence-corrected chi connectivity index (χ0v) is 16.6. The summed E-state index contributed by atoms with van der Waals surface area (Å²) in [5.41, 5.74) is 3.26. The van der Waals surface area contributed by atoms with Gasteiger partial charge in [0.15, 0.2) is 5.82 Å². The third kappa shape index (κ3) is 5.77. The topological polar surface area (TPSA) is 92.8 Å². The summed E-state index contributed by atoms with van der Waals surface area (Å²) in [5.74, 6) is -1.82. The van der Waals surface area contributed by atoms with E-state index in [1.54, 1.807) is 42.5 Å². The van der Waals surface area contributed by atoms with Gasteiger partial charge in [0, 0.05) is 25.2 Å². The van der Waals surface area contributed by atoms with Gasteiger partial charge in [-0.3, -0.25) is 4.79 Å². The first-order valence-corrected chi connectivity index (χ1v) is 9.48. The Balaban J connectivity index is 1.64. The minimum Gasteiger partial charge on any atom is -0.481 e. The number of pyridine rings is 1. The molecule has 0 unspecified atom stereocenters. The average Bonchev–Trinajstić information content (AvgIpc) is 2.78. The number of hydrogen-bond acceptors (Lipinski definition) is 7. The van der Waals surface area contributed by atoms with E-state index < -0.39 is 18.1 Å². The molecule has 2 aromatic rings. The van der Waals surface area contributed by atoms with Crippen molar-refractivity contribution in [1.82, 2.24) is 9.88 Å². The molecule has 0 radical (unpaired) electrons. The fourth-order valence-corrected chi connectivity index (χ4v) is 3.08. The smallest absolute Gasteiger partial charge is 0.471 e. The van der Waals surface area contributed by atoms with E-state index in [0.29, 0.717) is 35.8 Å². The van der Waals surface area contributed by atoms with Crippen LogP contribution in [0.15, 0.2) is 42.5 Å². The van der Waals surface area contributed by atoms with Crippen LogP contribution in [0, 0.1) is 0 Å². The van der Waals surface area contributed by atoms with Crippen molar-refractivity contribution in [2.24, 2.45) is 0 Å². The van der Waals surface area contributed by atoms with E-state index >= 15 is 0 Å². The van der Waals surface area contributed by atoms with Crippen molar-refractivity contribution in [2.75, 3.05) is 31.0 Å². The summed E-state index contributed by atoms with van der Waals surface area (Å²) in [5, 5.41) is 3.12. The predicted molar refractivity (Wildman–Crippen MR) is 106 cm³/mol. The number of piperidine rings is 1. The number of carbonyl (C=O) groups is 2. The highest BCUT2D eigenvalue weighted by Crippen LogP contribution is 2.27. The molecule has 1 aromatic carbocycles. The van der Waals surface area contributed by atoms with Gasteiger partial charge in [-0.1, -0.05) is 18.2 Å². The second kappa shape index (κ2) is 9.54. The summed E-state index contributed by atoms with van der Waals surface area (Å²) >= 11 is 0. The van der Waals surface area contributed by atoms with Crippen LogP contribution in [0.25, 0.3) is 0 Å². The van der Waals surface area contributed by atoms with E-state index in [0.717, 1.165) is 4.90 Å². The van der Waals surface area contributed by atoms with Crippen molar-refractivity contribution in [3.8, 4) is 5.88 Å². The van der Waals surface area contributed by atoms with Gasteiger partial charge < -0.3 is 19.8 Å². The van der Waals surface area contributed by atoms with Gasteiger partial charge in [0.2, 0.25) is 5.88 Å². The zero-order valence-electron chi connectivity index (χ0n) is 16.6. The molecule has 1 aliphatic heterocycles. The fraction of sp³-hybridized carbons (Fsp3) is 0.350. The molecule has 11 heteroatoms. The monoisotopic (exact) mass is 438 g/mol. The Morgan fingerprint density at radius 1 is 1.10 bits per heavy atom. The lowest BCUT2D eigenvalue weighted by Gasteiger charge is -2.33. The summed E-state index contributed by atoms with van der Waals surface area (Å²) in [7, 11) is 1.44. The first-order valence-electron chi connectivity index (χ1n) is 9.48. The van der Waals surface area contributed by atoms with Gasteiger partial charge in [-0.2, -0.15) is 18.2 Å². The Labute approximate surface area is 176 Å². The summed E-state index contributed by atoms with van der Waals surface area (Å²) < 4.78 is 42.9. The van der Waals surface area contributed by atoms with Crippen LogP contribution in [0.3, 0.4) is 0 Å². The number of ether oxygens (including phenoxy) is 1. The number of nitrogens with one attached hydrogen (secondary N) is 2. The molecule has 0 bridgehead atoms. The highest BCUT2D eigenvalue weighted by atomic mass is 19.4. The number of hydrogen-bond donors (Lipinski definition) is 2. The summed E-state index contributed by atoms with van der Waals surface area (Å²) in [4.78, 5) is 33.7. The van der Waals surface area contributed by atoms with E-state index in [4.69, 9.17) is 9.57 Å². The molecule has 1 fully saturated rings. The van der Waals surface area contributed by atoms with Crippen molar-refractivity contribution in [2.45, 2.75) is 25.1 Å². The Hall–Kier alpha value is -3.50. The van der Waals surface area contributed by atoms with E-state index in [2.05, 4.69) is 15.8 Å². The van der Waals surface area contributed by atoms with Crippen molar-refractivity contribution in [3.05, 3.63) is 48.0 Å². The van der Waals surface area contributed by atoms with Crippen molar-refractivity contribution in [3.63, 3.8) is 0 Å². The molecule has 1 amide bonds. The van der Waals surface area contributed by atoms with Gasteiger partial charge in [-0.25, -0.2) is 10.3 Å². The van der Waals surface area contributed by atoms with Crippen LogP contribution >= 0.6 is 0 Å². The number of carbonyl (C=O) groups excluding carboxylic acids is 2. The number of alkyl halides is 3. The number of halogens is 3. The van der Waals surface area contributed by atoms with Gasteiger partial charge in [-0.15, -0.1) is 0 Å². The first kappa shape index (κ1) is 22.2. The van der Waals surface area contributed by atoms with Gasteiger partial charge in [0.25, 0.3) is 0 Å². The molecule has 0 saturated carbocycles. The third-order valence-corrected chi connectivity index (χ3v) is 4.71. The largest absolute Gasteiger partial charge is 0.481 e. The lowest BCUT2D eigenvalue weighted by atomic mass is 10.0. The SMILES string of the molecule is COc1ccc(NOC(=O)c2ccccc2)c(NC2CCN(C(=O)C(F)(F)F)CC2)n1. The molecule has 0 aliphatic carbocycles. The Bertz CT molecular complexity index is 916. The van der Waals surface area contributed by atoms with Crippen LogP contribution in [0.2, 0.25) is 0 Å². The molecule has 2 N–H and O–H groups in total. The quantitative estimate of drug-likeness (QED) is 0.669. The molecule has 31 heavy (non-hydrogen) atoms. The Morgan fingerprint density at radius 3 is 2.39 bits per heavy atom. The van der Waals surface area contributed by atoms with Gasteiger partial charge in [0.05, 0.1) is 12.7 Å². The van der Waals surface area contributed by atoms with Gasteiger partial charge in [-0.05, 0) is 31.0 Å². The molecule has 2 heterocycles. The predicted octanol–water partition coefficient (Wildman–Crippen LogP) is 3.24. The van der Waals surface area contributed by atoms with E-state index in [9.17, 15) is 22.8 Å². The lowest BCUT2D eigenvalue weighted by molar-refractivity contribution is -0.186. The molecule has 1 saturated heterocycles. The van der Waals surface area contributed by atoms with Crippen molar-refractivity contribution < 1.29 is 32.3 Å². The summed E-state index contributed by atoms with van der Waals surface area (Å²) in [6.45, 7) is -0.0720. The molecule has 0 spiro atoms. The first-order chi connectivity index (χ1) is 14.8. The van der Waals surface area contributed by atoms with E-state index in [-0.39, 0.29) is 19.1 Å². The second-order valence-corrected chi connectivity index (χ2v) is 6.82. The second-order valence-electron chi connectivity index (χ2n) is 6.82. The lowest BCUT2D eigenvalue weighted by Crippen LogP contribution is -2.47. The highest BCUT2D eigenvalue weighted by Gasteiger charge is 2.43. The number of aromatic nitrogens is 1. The zero-order chi connectivity index (χ0) is 22.4. The number of amides is 1. The van der Waals surface area contributed by atoms with Crippen LogP contribution in [-0.2, 0) is 9.63 Å². The maximum absolute atomic E-state index is 12.6. The molecule has 8 nitrogen and oxygen atoms in total. The number of rotatable bonds is 6. The normalized spacial score (nSPS) is 14.6. The Kier molecular flexibility index (Phi) is 6.83. The molecular weight excluding hydrogens is 417 g/mol. The van der Waals surface area contributed by atoms with E-state index in [1.165, 1.54) is 7.11 Å². The molecule has 3 rings (SSSR count). The molecular formula is C20H21F3N4O4. The summed E-state index contributed by atoms with van der Waals surface area (Å²) in [6, 6.07) is 11.3. The standard InChI is InChI=1S/C20H21F3N4O4/c1-30-16-8-7-15(26-31-18(28)13-5-3-2-4-6-13)17(25-16)24-14-9-11-27(12-10-14)19(29)20(21,22)23/h2-8,14,26H,9-12H2,1H3,(H,24,25). The van der Waals surface area contributed by atoms with Crippen LogP contribution in [0.4, 0.5) is 24.7 Å². The highest BCUT2D eigenvalue weighted by molar-refractivity contribution is 5.90. The number of benzene rings is 1. The van der Waals surface area contributed by atoms with E-state index in [1.807, 2.05) is 0 Å². The van der Waals surface area contributed by atoms with Gasteiger partial charge >= 0.3 is 18.1 Å². The summed E-state index contributed by atoms with van der Waals surface area (Å²) in [6.07, 6.45) is -4.29. The number of methoxy groups -OCH3 is 1. The minimum absolute atomic E-state index is 0.0360. The maximum Gasteiger partial charge on any atom is 0.471 e. The van der Waals surface area contributed by atoms with Crippen LogP contribution < -0.4 is 15.5 Å². The van der Waals surface area contributed by atoms with Crippen LogP contribution in [-0.4, -0.2) is 54.2 Å². The number of likely N-dealkylation sites (tertiary alicyclic amines) is 1. The number of nitrogens with zero attached hydrogens (tertiary/aromatic N) is 2. The molecule has 166 valence electrons. The minimum atomic E-state index is -4.88. The number of anilines is 2. The molecule has 1 aliphatic rings. The fourth-order valence-electron chi connectivity index (χ4n) is 3.08. The Morgan fingerprint density at radius 2 is 1.77 bits per heavy atom.